The molecule has 1 amide bonds. The first kappa shape index (κ1) is 18.9. The van der Waals surface area contributed by atoms with E-state index in [4.69, 9.17) is 4.74 Å². The Labute approximate surface area is 162 Å². The molecule has 2 N–H and O–H groups in total. The van der Waals surface area contributed by atoms with E-state index >= 15 is 0 Å². The zero-order valence-corrected chi connectivity index (χ0v) is 15.0. The average molecular weight is 377 g/mol. The van der Waals surface area contributed by atoms with Crippen molar-refractivity contribution in [3.05, 3.63) is 94.5 Å². The van der Waals surface area contributed by atoms with E-state index in [9.17, 15) is 14.9 Å². The standard InChI is InChI=1S/C21H19N3O4/c25-21(23-17-7-2-1-3-8-17)15-28-20-11-4-6-16(12-20)14-22-18-9-5-10-19(13-18)24(26)27/h1-13,22H,14-15H2,(H,23,25). The summed E-state index contributed by atoms with van der Waals surface area (Å²) in [5, 5.41) is 16.7. The molecule has 0 spiro atoms. The van der Waals surface area contributed by atoms with Crippen LogP contribution in [-0.2, 0) is 11.3 Å². The number of ether oxygens (including phenoxy) is 1. The molecule has 0 heterocycles. The minimum Gasteiger partial charge on any atom is -0.484 e. The Balaban J connectivity index is 1.53. The third kappa shape index (κ3) is 5.57. The van der Waals surface area contributed by atoms with Crippen molar-refractivity contribution in [3.8, 4) is 5.75 Å². The molecule has 142 valence electrons. The number of para-hydroxylation sites is 1. The number of amides is 1. The van der Waals surface area contributed by atoms with Gasteiger partial charge in [0.05, 0.1) is 4.92 Å². The van der Waals surface area contributed by atoms with Crippen LogP contribution in [0.2, 0.25) is 0 Å². The molecule has 0 fully saturated rings. The molecule has 0 aliphatic heterocycles. The Morgan fingerprint density at radius 3 is 2.46 bits per heavy atom. The highest BCUT2D eigenvalue weighted by Crippen LogP contribution is 2.19. The number of rotatable bonds is 8. The van der Waals surface area contributed by atoms with Crippen LogP contribution in [0.15, 0.2) is 78.9 Å². The van der Waals surface area contributed by atoms with Crippen molar-refractivity contribution in [2.75, 3.05) is 17.2 Å². The molecular formula is C21H19N3O4. The van der Waals surface area contributed by atoms with Gasteiger partial charge in [-0.05, 0) is 35.9 Å². The number of benzene rings is 3. The SMILES string of the molecule is O=C(COc1cccc(CNc2cccc([N+](=O)[O-])c2)c1)Nc1ccccc1. The summed E-state index contributed by atoms with van der Waals surface area (Å²) in [7, 11) is 0. The van der Waals surface area contributed by atoms with Gasteiger partial charge in [-0.3, -0.25) is 14.9 Å². The van der Waals surface area contributed by atoms with Crippen molar-refractivity contribution in [2.45, 2.75) is 6.54 Å². The van der Waals surface area contributed by atoms with Gasteiger partial charge in [-0.2, -0.15) is 0 Å². The summed E-state index contributed by atoms with van der Waals surface area (Å²) in [6.45, 7) is 0.366. The zero-order valence-electron chi connectivity index (χ0n) is 15.0. The Kier molecular flexibility index (Phi) is 6.20. The average Bonchev–Trinajstić information content (AvgIpc) is 2.72. The van der Waals surface area contributed by atoms with Crippen LogP contribution in [0.1, 0.15) is 5.56 Å². The van der Waals surface area contributed by atoms with Gasteiger partial charge >= 0.3 is 0 Å². The summed E-state index contributed by atoms with van der Waals surface area (Å²) < 4.78 is 5.55. The van der Waals surface area contributed by atoms with E-state index < -0.39 is 4.92 Å². The number of carbonyl (C=O) groups is 1. The fourth-order valence-corrected chi connectivity index (χ4v) is 2.55. The summed E-state index contributed by atoms with van der Waals surface area (Å²) in [4.78, 5) is 22.4. The lowest BCUT2D eigenvalue weighted by Crippen LogP contribution is -2.20. The van der Waals surface area contributed by atoms with Crippen molar-refractivity contribution >= 4 is 23.0 Å². The van der Waals surface area contributed by atoms with E-state index in [1.807, 2.05) is 36.4 Å². The van der Waals surface area contributed by atoms with Gasteiger partial charge in [0, 0.05) is 30.1 Å². The van der Waals surface area contributed by atoms with Crippen LogP contribution in [0.5, 0.6) is 5.75 Å². The molecule has 0 unspecified atom stereocenters. The molecule has 0 atom stereocenters. The highest BCUT2D eigenvalue weighted by atomic mass is 16.6. The molecule has 28 heavy (non-hydrogen) atoms. The number of hydrogen-bond acceptors (Lipinski definition) is 5. The molecule has 0 aromatic heterocycles. The Hall–Kier alpha value is -3.87. The van der Waals surface area contributed by atoms with E-state index in [1.54, 1.807) is 30.3 Å². The maximum Gasteiger partial charge on any atom is 0.271 e. The highest BCUT2D eigenvalue weighted by Gasteiger charge is 2.06. The van der Waals surface area contributed by atoms with Gasteiger partial charge < -0.3 is 15.4 Å². The Morgan fingerprint density at radius 1 is 0.929 bits per heavy atom. The lowest BCUT2D eigenvalue weighted by atomic mass is 10.2. The molecule has 3 aromatic carbocycles. The molecule has 0 saturated heterocycles. The van der Waals surface area contributed by atoms with E-state index in [2.05, 4.69) is 10.6 Å². The third-order valence-electron chi connectivity index (χ3n) is 3.88. The van der Waals surface area contributed by atoms with Crippen molar-refractivity contribution in [1.29, 1.82) is 0 Å². The van der Waals surface area contributed by atoms with E-state index in [1.165, 1.54) is 12.1 Å². The highest BCUT2D eigenvalue weighted by molar-refractivity contribution is 5.91. The van der Waals surface area contributed by atoms with Crippen LogP contribution in [0.4, 0.5) is 17.1 Å². The minimum absolute atomic E-state index is 0.0338. The van der Waals surface area contributed by atoms with E-state index in [0.29, 0.717) is 23.7 Å². The maximum atomic E-state index is 12.0. The van der Waals surface area contributed by atoms with Gasteiger partial charge in [-0.25, -0.2) is 0 Å². The Morgan fingerprint density at radius 2 is 1.68 bits per heavy atom. The summed E-state index contributed by atoms with van der Waals surface area (Å²) in [6.07, 6.45) is 0. The molecule has 3 rings (SSSR count). The van der Waals surface area contributed by atoms with Crippen LogP contribution in [0, 0.1) is 10.1 Å². The first-order valence-corrected chi connectivity index (χ1v) is 8.65. The number of nitrogens with one attached hydrogen (secondary N) is 2. The predicted octanol–water partition coefficient (Wildman–Crippen LogP) is 4.22. The van der Waals surface area contributed by atoms with Crippen LogP contribution < -0.4 is 15.4 Å². The minimum atomic E-state index is -0.430. The second-order valence-corrected chi connectivity index (χ2v) is 6.01. The normalized spacial score (nSPS) is 10.1. The number of nitrogens with zero attached hydrogens (tertiary/aromatic N) is 1. The van der Waals surface area contributed by atoms with Gasteiger partial charge in [-0.15, -0.1) is 0 Å². The van der Waals surface area contributed by atoms with Gasteiger partial charge in [0.2, 0.25) is 0 Å². The lowest BCUT2D eigenvalue weighted by Gasteiger charge is -2.10. The molecule has 0 bridgehead atoms. The number of carbonyl (C=O) groups excluding carboxylic acids is 1. The van der Waals surface area contributed by atoms with Gasteiger partial charge in [0.1, 0.15) is 5.75 Å². The van der Waals surface area contributed by atoms with E-state index in [0.717, 1.165) is 5.56 Å². The van der Waals surface area contributed by atoms with Crippen LogP contribution in [0.25, 0.3) is 0 Å². The molecule has 0 saturated carbocycles. The van der Waals surface area contributed by atoms with Crippen molar-refractivity contribution in [3.63, 3.8) is 0 Å². The van der Waals surface area contributed by atoms with Crippen LogP contribution >= 0.6 is 0 Å². The molecule has 0 aliphatic rings. The zero-order chi connectivity index (χ0) is 19.8. The smallest absolute Gasteiger partial charge is 0.271 e. The van der Waals surface area contributed by atoms with Gasteiger partial charge in [-0.1, -0.05) is 36.4 Å². The number of nitro benzene ring substituents is 1. The fourth-order valence-electron chi connectivity index (χ4n) is 2.55. The second-order valence-electron chi connectivity index (χ2n) is 6.01. The predicted molar refractivity (Wildman–Crippen MR) is 107 cm³/mol. The summed E-state index contributed by atoms with van der Waals surface area (Å²) in [6, 6.07) is 22.8. The van der Waals surface area contributed by atoms with Crippen molar-refractivity contribution in [1.82, 2.24) is 0 Å². The number of hydrogen-bond donors (Lipinski definition) is 2. The molecule has 3 aromatic rings. The molecule has 7 nitrogen and oxygen atoms in total. The third-order valence-corrected chi connectivity index (χ3v) is 3.88. The summed E-state index contributed by atoms with van der Waals surface area (Å²) >= 11 is 0. The largest absolute Gasteiger partial charge is 0.484 e. The maximum absolute atomic E-state index is 12.0. The molecule has 0 radical (unpaired) electrons. The number of anilines is 2. The quantitative estimate of drug-likeness (QED) is 0.453. The molecule has 0 aliphatic carbocycles. The lowest BCUT2D eigenvalue weighted by molar-refractivity contribution is -0.384. The molecular weight excluding hydrogens is 358 g/mol. The van der Waals surface area contributed by atoms with Crippen LogP contribution in [0.3, 0.4) is 0 Å². The van der Waals surface area contributed by atoms with E-state index in [-0.39, 0.29) is 18.2 Å². The molecule has 7 heteroatoms. The van der Waals surface area contributed by atoms with Crippen LogP contribution in [-0.4, -0.2) is 17.4 Å². The summed E-state index contributed by atoms with van der Waals surface area (Å²) in [5.41, 5.74) is 2.33. The monoisotopic (exact) mass is 377 g/mol. The number of nitro groups is 1. The second kappa shape index (κ2) is 9.18. The first-order chi connectivity index (χ1) is 13.6. The topological polar surface area (TPSA) is 93.5 Å². The first-order valence-electron chi connectivity index (χ1n) is 8.65. The fraction of sp³-hybridized carbons (Fsp3) is 0.0952. The van der Waals surface area contributed by atoms with Gasteiger partial charge in [0.15, 0.2) is 6.61 Å². The Bertz CT molecular complexity index is 961. The van der Waals surface area contributed by atoms with Crippen molar-refractivity contribution in [2.24, 2.45) is 0 Å². The van der Waals surface area contributed by atoms with Crippen molar-refractivity contribution < 1.29 is 14.5 Å². The number of non-ortho nitro benzene ring substituents is 1. The van der Waals surface area contributed by atoms with Gasteiger partial charge in [0.25, 0.3) is 11.6 Å². The summed E-state index contributed by atoms with van der Waals surface area (Å²) in [5.74, 6) is 0.327.